The fourth-order valence-electron chi connectivity index (χ4n) is 2.99. The molecule has 0 spiro atoms. The monoisotopic (exact) mass is 407 g/mol. The maximum Gasteiger partial charge on any atom is 0.270 e. The van der Waals surface area contributed by atoms with E-state index in [1.165, 1.54) is 23.9 Å². The predicted molar refractivity (Wildman–Crippen MR) is 111 cm³/mol. The number of fused-ring (bicyclic) bond motifs is 1. The Balaban J connectivity index is 1.51. The molecule has 4 rings (SSSR count). The lowest BCUT2D eigenvalue weighted by atomic mass is 10.2. The lowest BCUT2D eigenvalue weighted by Gasteiger charge is -2.11. The summed E-state index contributed by atoms with van der Waals surface area (Å²) in [5.41, 5.74) is 1.50. The highest BCUT2D eigenvalue weighted by Crippen LogP contribution is 2.32. The van der Waals surface area contributed by atoms with Crippen LogP contribution in [0.1, 0.15) is 0 Å². The molecular weight excluding hydrogens is 390 g/mol. The highest BCUT2D eigenvalue weighted by Gasteiger charge is 2.13. The van der Waals surface area contributed by atoms with Crippen molar-refractivity contribution >= 4 is 39.9 Å². The van der Waals surface area contributed by atoms with Crippen molar-refractivity contribution in [2.45, 2.75) is 16.6 Å². The molecule has 0 unspecified atom stereocenters. The number of anilines is 1. The first-order valence-corrected chi connectivity index (χ1v) is 9.60. The average molecular weight is 407 g/mol. The number of aromatic nitrogens is 3. The number of rotatable bonds is 6. The van der Waals surface area contributed by atoms with E-state index in [0.717, 1.165) is 21.0 Å². The van der Waals surface area contributed by atoms with E-state index in [9.17, 15) is 14.9 Å². The van der Waals surface area contributed by atoms with Gasteiger partial charge in [-0.1, -0.05) is 12.1 Å². The Hall–Kier alpha value is -3.59. The molecule has 0 aliphatic carbocycles. The third-order valence-electron chi connectivity index (χ3n) is 4.42. The molecule has 146 valence electrons. The third-order valence-corrected chi connectivity index (χ3v) is 5.57. The summed E-state index contributed by atoms with van der Waals surface area (Å²) in [5, 5.41) is 15.4. The average Bonchev–Trinajstić information content (AvgIpc) is 3.29. The summed E-state index contributed by atoms with van der Waals surface area (Å²) < 4.78 is 3.68. The van der Waals surface area contributed by atoms with Gasteiger partial charge in [0.25, 0.3) is 5.69 Å². The summed E-state index contributed by atoms with van der Waals surface area (Å²) in [6.07, 6.45) is 5.35. The molecule has 4 aromatic rings. The number of nitrogens with one attached hydrogen (secondary N) is 1. The van der Waals surface area contributed by atoms with Crippen LogP contribution in [0, 0.1) is 10.1 Å². The predicted octanol–water partition coefficient (Wildman–Crippen LogP) is 4.07. The van der Waals surface area contributed by atoms with Crippen molar-refractivity contribution in [3.63, 3.8) is 0 Å². The molecule has 0 aliphatic heterocycles. The van der Waals surface area contributed by atoms with Crippen molar-refractivity contribution in [3.8, 4) is 0 Å². The van der Waals surface area contributed by atoms with Gasteiger partial charge in [-0.15, -0.1) is 0 Å². The van der Waals surface area contributed by atoms with Gasteiger partial charge in [0.2, 0.25) is 5.91 Å². The number of amides is 1. The zero-order valence-corrected chi connectivity index (χ0v) is 16.3. The van der Waals surface area contributed by atoms with E-state index in [4.69, 9.17) is 0 Å². The van der Waals surface area contributed by atoms with Crippen LogP contribution in [0.4, 0.5) is 11.4 Å². The number of carbonyl (C=O) groups is 1. The minimum atomic E-state index is -0.431. The van der Waals surface area contributed by atoms with Crippen LogP contribution >= 0.6 is 11.8 Å². The minimum absolute atomic E-state index is 0.0277. The summed E-state index contributed by atoms with van der Waals surface area (Å²) >= 11 is 1.47. The summed E-state index contributed by atoms with van der Waals surface area (Å²) in [7, 11) is 1.91. The molecule has 0 saturated carbocycles. The van der Waals surface area contributed by atoms with Gasteiger partial charge in [0.1, 0.15) is 6.54 Å². The molecule has 2 aromatic carbocycles. The van der Waals surface area contributed by atoms with Gasteiger partial charge in [-0.2, -0.15) is 0 Å². The van der Waals surface area contributed by atoms with Gasteiger partial charge in [0.15, 0.2) is 5.16 Å². The standard InChI is InChI=1S/C20H17N5O3S/c1-23-11-9-21-20(23)29-18-5-3-2-4-16(18)22-19(26)13-24-10-8-14-12-15(25(27)28)6-7-17(14)24/h2-12H,13H2,1H3,(H,22,26). The van der Waals surface area contributed by atoms with Gasteiger partial charge < -0.3 is 14.5 Å². The highest BCUT2D eigenvalue weighted by atomic mass is 32.2. The van der Waals surface area contributed by atoms with Gasteiger partial charge in [0.05, 0.1) is 10.6 Å². The Morgan fingerprint density at radius 1 is 1.21 bits per heavy atom. The molecule has 8 nitrogen and oxygen atoms in total. The number of nitro groups is 1. The Morgan fingerprint density at radius 2 is 2.03 bits per heavy atom. The lowest BCUT2D eigenvalue weighted by Crippen LogP contribution is -2.18. The number of benzene rings is 2. The van der Waals surface area contributed by atoms with Crippen LogP contribution < -0.4 is 5.32 Å². The maximum atomic E-state index is 12.7. The minimum Gasteiger partial charge on any atom is -0.338 e. The van der Waals surface area contributed by atoms with E-state index < -0.39 is 4.92 Å². The molecule has 0 bridgehead atoms. The third kappa shape index (κ3) is 3.99. The quantitative estimate of drug-likeness (QED) is 0.384. The van der Waals surface area contributed by atoms with Crippen molar-refractivity contribution in [2.75, 3.05) is 5.32 Å². The Labute approximate surface area is 170 Å². The maximum absolute atomic E-state index is 12.7. The number of para-hydroxylation sites is 1. The molecular formula is C20H17N5O3S. The van der Waals surface area contributed by atoms with Gasteiger partial charge >= 0.3 is 0 Å². The summed E-state index contributed by atoms with van der Waals surface area (Å²) in [4.78, 5) is 28.3. The number of nitro benzene ring substituents is 1. The Bertz CT molecular complexity index is 1210. The number of non-ortho nitro benzene ring substituents is 1. The second-order valence-electron chi connectivity index (χ2n) is 6.41. The number of hydrogen-bond donors (Lipinski definition) is 1. The zero-order chi connectivity index (χ0) is 20.4. The van der Waals surface area contributed by atoms with Crippen LogP contribution in [0.3, 0.4) is 0 Å². The number of carbonyl (C=O) groups excluding carboxylic acids is 1. The molecule has 1 N–H and O–H groups in total. The first-order chi connectivity index (χ1) is 14.0. The van der Waals surface area contributed by atoms with Crippen LogP contribution in [0.25, 0.3) is 10.9 Å². The number of hydrogen-bond acceptors (Lipinski definition) is 5. The van der Waals surface area contributed by atoms with Gasteiger partial charge in [0, 0.05) is 53.6 Å². The molecule has 0 atom stereocenters. The van der Waals surface area contributed by atoms with E-state index in [-0.39, 0.29) is 18.1 Å². The van der Waals surface area contributed by atoms with E-state index in [0.29, 0.717) is 5.69 Å². The normalized spacial score (nSPS) is 10.9. The van der Waals surface area contributed by atoms with Crippen LogP contribution in [-0.4, -0.2) is 24.9 Å². The molecule has 0 saturated heterocycles. The molecule has 1 amide bonds. The van der Waals surface area contributed by atoms with Gasteiger partial charge in [-0.25, -0.2) is 4.98 Å². The molecule has 9 heteroatoms. The summed E-state index contributed by atoms with van der Waals surface area (Å²) in [6.45, 7) is 0.0999. The molecule has 2 heterocycles. The van der Waals surface area contributed by atoms with E-state index in [2.05, 4.69) is 10.3 Å². The Morgan fingerprint density at radius 3 is 2.79 bits per heavy atom. The van der Waals surface area contributed by atoms with E-state index in [1.807, 2.05) is 42.1 Å². The van der Waals surface area contributed by atoms with Crippen LogP contribution in [0.5, 0.6) is 0 Å². The SMILES string of the molecule is Cn1ccnc1Sc1ccccc1NC(=O)Cn1ccc2cc([N+](=O)[O-])ccc21. The molecule has 0 aliphatic rings. The Kier molecular flexibility index (Phi) is 5.05. The smallest absolute Gasteiger partial charge is 0.270 e. The van der Waals surface area contributed by atoms with Gasteiger partial charge in [-0.3, -0.25) is 14.9 Å². The van der Waals surface area contributed by atoms with Crippen molar-refractivity contribution in [1.82, 2.24) is 14.1 Å². The molecule has 2 aromatic heterocycles. The van der Waals surface area contributed by atoms with Crippen LogP contribution in [-0.2, 0) is 18.4 Å². The van der Waals surface area contributed by atoms with Crippen molar-refractivity contribution in [2.24, 2.45) is 7.05 Å². The van der Waals surface area contributed by atoms with E-state index >= 15 is 0 Å². The largest absolute Gasteiger partial charge is 0.338 e. The number of aryl methyl sites for hydroxylation is 1. The molecule has 0 fully saturated rings. The topological polar surface area (TPSA) is 95.0 Å². The first-order valence-electron chi connectivity index (χ1n) is 8.78. The molecule has 0 radical (unpaired) electrons. The second kappa shape index (κ2) is 7.80. The highest BCUT2D eigenvalue weighted by molar-refractivity contribution is 7.99. The lowest BCUT2D eigenvalue weighted by molar-refractivity contribution is -0.384. The number of nitrogens with zero attached hydrogens (tertiary/aromatic N) is 4. The van der Waals surface area contributed by atoms with Gasteiger partial charge in [-0.05, 0) is 36.0 Å². The second-order valence-corrected chi connectivity index (χ2v) is 7.42. The first kappa shape index (κ1) is 18.8. The fraction of sp³-hybridized carbons (Fsp3) is 0.100. The number of imidazole rings is 1. The summed E-state index contributed by atoms with van der Waals surface area (Å²) in [6, 6.07) is 13.9. The van der Waals surface area contributed by atoms with E-state index in [1.54, 1.807) is 29.1 Å². The molecule has 29 heavy (non-hydrogen) atoms. The zero-order valence-electron chi connectivity index (χ0n) is 15.5. The van der Waals surface area contributed by atoms with Crippen molar-refractivity contribution < 1.29 is 9.72 Å². The van der Waals surface area contributed by atoms with Crippen molar-refractivity contribution in [3.05, 3.63) is 77.2 Å². The van der Waals surface area contributed by atoms with Crippen LogP contribution in [0.2, 0.25) is 0 Å². The van der Waals surface area contributed by atoms with Crippen LogP contribution in [0.15, 0.2) is 77.2 Å². The summed E-state index contributed by atoms with van der Waals surface area (Å²) in [5.74, 6) is -0.186. The fourth-order valence-corrected chi connectivity index (χ4v) is 3.88. The van der Waals surface area contributed by atoms with Crippen molar-refractivity contribution in [1.29, 1.82) is 0 Å².